The maximum Gasteiger partial charge on any atom is 0.508 e. The van der Waals surface area contributed by atoms with Crippen molar-refractivity contribution in [1.29, 1.82) is 0 Å². The van der Waals surface area contributed by atoms with E-state index in [-0.39, 0.29) is 19.3 Å². The van der Waals surface area contributed by atoms with Crippen LogP contribution in [-0.2, 0) is 19.0 Å². The summed E-state index contributed by atoms with van der Waals surface area (Å²) in [6.45, 7) is 3.24. The molecule has 0 aliphatic carbocycles. The topological polar surface area (TPSA) is 61.8 Å². The molecule has 1 aliphatic heterocycles. The van der Waals surface area contributed by atoms with E-state index in [1.165, 1.54) is 0 Å². The summed E-state index contributed by atoms with van der Waals surface area (Å²) in [5.41, 5.74) is 0. The Bertz CT molecular complexity index is 276. The van der Waals surface area contributed by atoms with Crippen LogP contribution in [0.25, 0.3) is 0 Å². The van der Waals surface area contributed by atoms with Gasteiger partial charge in [0.1, 0.15) is 19.3 Å². The Morgan fingerprint density at radius 3 is 2.53 bits per heavy atom. The van der Waals surface area contributed by atoms with E-state index in [2.05, 4.69) is 11.3 Å². The van der Waals surface area contributed by atoms with Crippen molar-refractivity contribution in [3.8, 4) is 0 Å². The molecule has 5 nitrogen and oxygen atoms in total. The van der Waals surface area contributed by atoms with Gasteiger partial charge in [-0.2, -0.15) is 0 Å². The van der Waals surface area contributed by atoms with E-state index < -0.39 is 12.1 Å². The zero-order valence-corrected chi connectivity index (χ0v) is 10.9. The Morgan fingerprint density at radius 1 is 1.24 bits per heavy atom. The molecule has 0 bridgehead atoms. The van der Waals surface area contributed by atoms with Crippen LogP contribution in [0.1, 0.15) is 0 Å². The molecule has 1 fully saturated rings. The Morgan fingerprint density at radius 2 is 1.88 bits per heavy atom. The molecule has 0 amide bonds. The van der Waals surface area contributed by atoms with Gasteiger partial charge in [0.05, 0.1) is 0 Å². The highest BCUT2D eigenvalue weighted by Gasteiger charge is 2.19. The Kier molecular flexibility index (Phi) is 6.95. The van der Waals surface area contributed by atoms with Crippen molar-refractivity contribution in [1.82, 2.24) is 0 Å². The molecule has 0 aromatic heterocycles. The second kappa shape index (κ2) is 8.30. The normalized spacial score (nSPS) is 16.0. The van der Waals surface area contributed by atoms with Crippen molar-refractivity contribution in [3.63, 3.8) is 0 Å². The molecule has 0 spiro atoms. The first-order valence-corrected chi connectivity index (χ1v) is 7.31. The van der Waals surface area contributed by atoms with Crippen molar-refractivity contribution in [3.05, 3.63) is 12.7 Å². The second-order valence-corrected chi connectivity index (χ2v) is 5.50. The summed E-state index contributed by atoms with van der Waals surface area (Å²) < 4.78 is 14.4. The minimum absolute atomic E-state index is 0.00806. The maximum atomic E-state index is 11.2. The lowest BCUT2D eigenvalue weighted by Crippen LogP contribution is -2.26. The highest BCUT2D eigenvalue weighted by molar-refractivity contribution is 8.16. The highest BCUT2D eigenvalue weighted by Crippen LogP contribution is 2.23. The van der Waals surface area contributed by atoms with Gasteiger partial charge in [-0.3, -0.25) is 0 Å². The van der Waals surface area contributed by atoms with Crippen molar-refractivity contribution in [2.75, 3.05) is 29.8 Å². The Balaban J connectivity index is 2.04. The first-order chi connectivity index (χ1) is 8.22. The summed E-state index contributed by atoms with van der Waals surface area (Å²) in [6.07, 6.45) is 0.240. The number of rotatable bonds is 5. The lowest BCUT2D eigenvalue weighted by atomic mass is 10.5. The summed E-state index contributed by atoms with van der Waals surface area (Å²) in [5.74, 6) is 1.06. The minimum atomic E-state index is -0.715. The monoisotopic (exact) mass is 278 g/mol. The van der Waals surface area contributed by atoms with Crippen molar-refractivity contribution in [2.45, 2.75) is 6.10 Å². The summed E-state index contributed by atoms with van der Waals surface area (Å²) in [6, 6.07) is 0. The van der Waals surface area contributed by atoms with E-state index in [0.29, 0.717) is 0 Å². The van der Waals surface area contributed by atoms with Gasteiger partial charge in [0.15, 0.2) is 0 Å². The van der Waals surface area contributed by atoms with E-state index in [1.807, 2.05) is 0 Å². The van der Waals surface area contributed by atoms with Crippen LogP contribution in [0.3, 0.4) is 0 Å². The van der Waals surface area contributed by atoms with Gasteiger partial charge in [0.2, 0.25) is 0 Å². The van der Waals surface area contributed by atoms with Crippen molar-refractivity contribution in [2.24, 2.45) is 0 Å². The molecule has 1 rings (SSSR count). The molecule has 0 unspecified atom stereocenters. The number of esters is 1. The number of carbonyl (C=O) groups excluding carboxylic acids is 2. The molecule has 1 heterocycles. The van der Waals surface area contributed by atoms with E-state index in [0.717, 1.165) is 22.7 Å². The molecule has 0 aromatic carbocycles. The standard InChI is InChI=1S/C10H14O5S2/c1-2-9(11)13-3-4-14-10(12)15-8-5-16-7-17-6-8/h2,8H,1,3-7H2. The molecular formula is C10H14O5S2. The molecule has 0 saturated carbocycles. The molecule has 17 heavy (non-hydrogen) atoms. The highest BCUT2D eigenvalue weighted by atomic mass is 32.2. The number of ether oxygens (including phenoxy) is 3. The fraction of sp³-hybridized carbons (Fsp3) is 0.600. The third-order valence-corrected chi connectivity index (χ3v) is 4.30. The van der Waals surface area contributed by atoms with Crippen LogP contribution in [-0.4, -0.2) is 48.0 Å². The SMILES string of the molecule is C=CC(=O)OCCOC(=O)OC1CSCSC1. The van der Waals surface area contributed by atoms with Crippen molar-refractivity contribution < 1.29 is 23.8 Å². The number of thioether (sulfide) groups is 2. The van der Waals surface area contributed by atoms with Crippen LogP contribution < -0.4 is 0 Å². The lowest BCUT2D eigenvalue weighted by molar-refractivity contribution is -0.139. The number of carbonyl (C=O) groups is 2. The number of hydrogen-bond donors (Lipinski definition) is 0. The smallest absolute Gasteiger partial charge is 0.459 e. The van der Waals surface area contributed by atoms with Crippen LogP contribution in [0.2, 0.25) is 0 Å². The van der Waals surface area contributed by atoms with Gasteiger partial charge in [-0.05, 0) is 0 Å². The van der Waals surface area contributed by atoms with Gasteiger partial charge < -0.3 is 14.2 Å². The molecule has 0 atom stereocenters. The second-order valence-electron chi connectivity index (χ2n) is 3.07. The van der Waals surface area contributed by atoms with Crippen LogP contribution in [0.4, 0.5) is 4.79 Å². The first-order valence-electron chi connectivity index (χ1n) is 5.00. The van der Waals surface area contributed by atoms with Gasteiger partial charge in [-0.15, -0.1) is 23.5 Å². The lowest BCUT2D eigenvalue weighted by Gasteiger charge is -2.20. The zero-order valence-electron chi connectivity index (χ0n) is 9.26. The largest absolute Gasteiger partial charge is 0.508 e. The third-order valence-electron chi connectivity index (χ3n) is 1.75. The van der Waals surface area contributed by atoms with Gasteiger partial charge in [-0.1, -0.05) is 6.58 Å². The zero-order chi connectivity index (χ0) is 12.5. The third kappa shape index (κ3) is 6.48. The summed E-state index contributed by atoms with van der Waals surface area (Å²) >= 11 is 3.46. The quantitative estimate of drug-likeness (QED) is 0.430. The summed E-state index contributed by atoms with van der Waals surface area (Å²) in [5, 5.41) is 1.03. The predicted molar refractivity (Wildman–Crippen MR) is 67.2 cm³/mol. The van der Waals surface area contributed by atoms with Gasteiger partial charge in [-0.25, -0.2) is 9.59 Å². The molecule has 1 aliphatic rings. The average Bonchev–Trinajstić information content (AvgIpc) is 2.35. The molecular weight excluding hydrogens is 264 g/mol. The summed E-state index contributed by atoms with van der Waals surface area (Å²) in [7, 11) is 0. The summed E-state index contributed by atoms with van der Waals surface area (Å²) in [4.78, 5) is 21.9. The van der Waals surface area contributed by atoms with Gasteiger partial charge in [0, 0.05) is 22.7 Å². The molecule has 0 aromatic rings. The molecule has 1 saturated heterocycles. The Hall–Kier alpha value is -0.820. The van der Waals surface area contributed by atoms with Crippen molar-refractivity contribution >= 4 is 35.6 Å². The van der Waals surface area contributed by atoms with Crippen LogP contribution in [0.15, 0.2) is 12.7 Å². The van der Waals surface area contributed by atoms with E-state index in [9.17, 15) is 9.59 Å². The first kappa shape index (κ1) is 14.2. The fourth-order valence-corrected chi connectivity index (χ4v) is 3.32. The minimum Gasteiger partial charge on any atom is -0.459 e. The van der Waals surface area contributed by atoms with E-state index in [1.54, 1.807) is 23.5 Å². The van der Waals surface area contributed by atoms with Crippen LogP contribution >= 0.6 is 23.5 Å². The molecule has 96 valence electrons. The predicted octanol–water partition coefficient (Wildman–Crippen LogP) is 1.67. The van der Waals surface area contributed by atoms with Crippen LogP contribution in [0.5, 0.6) is 0 Å². The molecule has 0 radical (unpaired) electrons. The Labute approximate surface area is 108 Å². The molecule has 7 heteroatoms. The number of hydrogen-bond acceptors (Lipinski definition) is 7. The van der Waals surface area contributed by atoms with E-state index >= 15 is 0 Å². The van der Waals surface area contributed by atoms with E-state index in [4.69, 9.17) is 9.47 Å². The average molecular weight is 278 g/mol. The molecule has 0 N–H and O–H groups in total. The fourth-order valence-electron chi connectivity index (χ4n) is 1.03. The maximum absolute atomic E-state index is 11.2. The van der Waals surface area contributed by atoms with Crippen LogP contribution in [0, 0.1) is 0 Å². The van der Waals surface area contributed by atoms with Gasteiger partial charge >= 0.3 is 12.1 Å². The van der Waals surface area contributed by atoms with Gasteiger partial charge in [0.25, 0.3) is 0 Å².